The highest BCUT2D eigenvalue weighted by Crippen LogP contribution is 2.30. The van der Waals surface area contributed by atoms with Crippen molar-refractivity contribution >= 4 is 33.3 Å². The number of benzene rings is 1. The van der Waals surface area contributed by atoms with E-state index in [1.54, 1.807) is 6.07 Å². The lowest BCUT2D eigenvalue weighted by Crippen LogP contribution is -2.25. The van der Waals surface area contributed by atoms with Gasteiger partial charge >= 0.3 is 0 Å². The molecule has 1 amide bonds. The molecule has 0 aliphatic carbocycles. The van der Waals surface area contributed by atoms with Gasteiger partial charge in [0.25, 0.3) is 5.91 Å². The molecule has 0 aliphatic heterocycles. The molecular formula is C20H20N4O2S. The highest BCUT2D eigenvalue weighted by molar-refractivity contribution is 7.14. The molecular weight excluding hydrogens is 360 g/mol. The molecule has 0 unspecified atom stereocenters. The third-order valence-electron chi connectivity index (χ3n) is 4.16. The second-order valence-corrected chi connectivity index (χ2v) is 8.25. The van der Waals surface area contributed by atoms with Gasteiger partial charge in [-0.25, -0.2) is 4.98 Å². The molecule has 3 heterocycles. The SMILES string of the molecule is Cc1cc(C(=O)Nc2nc(-c3cc4ccccc4o3)cs2)nn1C(C)(C)C. The van der Waals surface area contributed by atoms with Crippen LogP contribution in [0, 0.1) is 6.92 Å². The first-order chi connectivity index (χ1) is 12.8. The topological polar surface area (TPSA) is 73.0 Å². The summed E-state index contributed by atoms with van der Waals surface area (Å²) in [6.45, 7) is 8.09. The van der Waals surface area contributed by atoms with E-state index < -0.39 is 0 Å². The van der Waals surface area contributed by atoms with Crippen molar-refractivity contribution in [2.75, 3.05) is 5.32 Å². The molecule has 1 aromatic carbocycles. The van der Waals surface area contributed by atoms with Crippen LogP contribution in [0.3, 0.4) is 0 Å². The highest BCUT2D eigenvalue weighted by Gasteiger charge is 2.21. The molecule has 0 saturated heterocycles. The molecule has 138 valence electrons. The number of furan rings is 1. The zero-order valence-corrected chi connectivity index (χ0v) is 16.4. The molecule has 0 atom stereocenters. The monoisotopic (exact) mass is 380 g/mol. The van der Waals surface area contributed by atoms with Crippen LogP contribution in [0.4, 0.5) is 5.13 Å². The predicted molar refractivity (Wildman–Crippen MR) is 107 cm³/mol. The van der Waals surface area contributed by atoms with Crippen LogP contribution in [-0.2, 0) is 5.54 Å². The number of para-hydroxylation sites is 1. The minimum absolute atomic E-state index is 0.182. The summed E-state index contributed by atoms with van der Waals surface area (Å²) in [7, 11) is 0. The first-order valence-electron chi connectivity index (χ1n) is 8.64. The number of nitrogens with one attached hydrogen (secondary N) is 1. The minimum atomic E-state index is -0.272. The Morgan fingerprint density at radius 3 is 2.70 bits per heavy atom. The van der Waals surface area contributed by atoms with E-state index in [-0.39, 0.29) is 11.4 Å². The summed E-state index contributed by atoms with van der Waals surface area (Å²) in [4.78, 5) is 17.0. The Morgan fingerprint density at radius 2 is 2.00 bits per heavy atom. The van der Waals surface area contributed by atoms with Gasteiger partial charge in [0.05, 0.1) is 5.54 Å². The van der Waals surface area contributed by atoms with E-state index in [9.17, 15) is 4.79 Å². The van der Waals surface area contributed by atoms with Crippen molar-refractivity contribution in [1.29, 1.82) is 0 Å². The fourth-order valence-electron chi connectivity index (χ4n) is 2.98. The average molecular weight is 380 g/mol. The first-order valence-corrected chi connectivity index (χ1v) is 9.52. The molecule has 27 heavy (non-hydrogen) atoms. The number of nitrogens with zero attached hydrogens (tertiary/aromatic N) is 3. The molecule has 7 heteroatoms. The number of rotatable bonds is 3. The van der Waals surface area contributed by atoms with Gasteiger partial charge in [-0.2, -0.15) is 5.10 Å². The zero-order valence-electron chi connectivity index (χ0n) is 15.6. The van der Waals surface area contributed by atoms with Gasteiger partial charge in [-0.15, -0.1) is 11.3 Å². The molecule has 0 fully saturated rings. The van der Waals surface area contributed by atoms with Gasteiger partial charge in [-0.1, -0.05) is 18.2 Å². The minimum Gasteiger partial charge on any atom is -0.454 e. The van der Waals surface area contributed by atoms with Crippen molar-refractivity contribution in [3.8, 4) is 11.5 Å². The molecule has 0 spiro atoms. The molecule has 0 bridgehead atoms. The van der Waals surface area contributed by atoms with Crippen molar-refractivity contribution in [3.05, 3.63) is 53.2 Å². The van der Waals surface area contributed by atoms with E-state index in [4.69, 9.17) is 4.42 Å². The Morgan fingerprint density at radius 1 is 1.22 bits per heavy atom. The fraction of sp³-hybridized carbons (Fsp3) is 0.250. The number of hydrogen-bond acceptors (Lipinski definition) is 5. The average Bonchev–Trinajstić information content (AvgIpc) is 3.30. The van der Waals surface area contributed by atoms with Crippen molar-refractivity contribution in [2.24, 2.45) is 0 Å². The van der Waals surface area contributed by atoms with Crippen LogP contribution >= 0.6 is 11.3 Å². The quantitative estimate of drug-likeness (QED) is 0.539. The number of carbonyl (C=O) groups excluding carboxylic acids is 1. The molecule has 0 radical (unpaired) electrons. The predicted octanol–water partition coefficient (Wildman–Crippen LogP) is 5.07. The third kappa shape index (κ3) is 3.38. The van der Waals surface area contributed by atoms with Crippen molar-refractivity contribution in [1.82, 2.24) is 14.8 Å². The Kier molecular flexibility index (Phi) is 4.11. The Labute approximate surface area is 160 Å². The van der Waals surface area contributed by atoms with Crippen LogP contribution in [-0.4, -0.2) is 20.7 Å². The maximum atomic E-state index is 12.5. The Hall–Kier alpha value is -2.93. The number of aromatic nitrogens is 3. The van der Waals surface area contributed by atoms with E-state index in [1.165, 1.54) is 11.3 Å². The molecule has 3 aromatic heterocycles. The summed E-state index contributed by atoms with van der Waals surface area (Å²) in [5.74, 6) is 0.410. The van der Waals surface area contributed by atoms with Crippen LogP contribution in [0.25, 0.3) is 22.4 Å². The summed E-state index contributed by atoms with van der Waals surface area (Å²) >= 11 is 1.36. The number of amides is 1. The summed E-state index contributed by atoms with van der Waals surface area (Å²) in [5, 5.41) is 10.7. The van der Waals surface area contributed by atoms with E-state index in [1.807, 2.05) is 47.3 Å². The number of thiazole rings is 1. The van der Waals surface area contributed by atoms with Crippen molar-refractivity contribution < 1.29 is 9.21 Å². The van der Waals surface area contributed by atoms with Gasteiger partial charge in [0, 0.05) is 16.5 Å². The van der Waals surface area contributed by atoms with Crippen LogP contribution in [0.5, 0.6) is 0 Å². The van der Waals surface area contributed by atoms with Crippen LogP contribution in [0.1, 0.15) is 37.0 Å². The Balaban J connectivity index is 1.55. The smallest absolute Gasteiger partial charge is 0.277 e. The van der Waals surface area contributed by atoms with Gasteiger partial charge in [0.2, 0.25) is 0 Å². The number of carbonyl (C=O) groups is 1. The fourth-order valence-corrected chi connectivity index (χ4v) is 3.67. The molecule has 6 nitrogen and oxygen atoms in total. The number of anilines is 1. The second-order valence-electron chi connectivity index (χ2n) is 7.39. The number of fused-ring (bicyclic) bond motifs is 1. The van der Waals surface area contributed by atoms with Crippen LogP contribution in [0.2, 0.25) is 0 Å². The van der Waals surface area contributed by atoms with E-state index in [0.29, 0.717) is 22.3 Å². The first kappa shape index (κ1) is 17.5. The lowest BCUT2D eigenvalue weighted by molar-refractivity contribution is 0.102. The van der Waals surface area contributed by atoms with Gasteiger partial charge in [-0.05, 0) is 45.9 Å². The molecule has 0 saturated carbocycles. The van der Waals surface area contributed by atoms with Crippen LogP contribution in [0.15, 0.2) is 46.2 Å². The second kappa shape index (κ2) is 6.35. The van der Waals surface area contributed by atoms with Gasteiger partial charge in [0.15, 0.2) is 16.6 Å². The largest absolute Gasteiger partial charge is 0.454 e. The van der Waals surface area contributed by atoms with Crippen LogP contribution < -0.4 is 5.32 Å². The maximum Gasteiger partial charge on any atom is 0.277 e. The number of hydrogen-bond donors (Lipinski definition) is 1. The summed E-state index contributed by atoms with van der Waals surface area (Å²) < 4.78 is 7.68. The van der Waals surface area contributed by atoms with Crippen molar-refractivity contribution in [3.63, 3.8) is 0 Å². The Bertz CT molecular complexity index is 1100. The summed E-state index contributed by atoms with van der Waals surface area (Å²) in [5.41, 5.74) is 2.65. The van der Waals surface area contributed by atoms with E-state index >= 15 is 0 Å². The third-order valence-corrected chi connectivity index (χ3v) is 4.92. The van der Waals surface area contributed by atoms with Gasteiger partial charge in [-0.3, -0.25) is 14.8 Å². The summed E-state index contributed by atoms with van der Waals surface area (Å²) in [6.07, 6.45) is 0. The van der Waals surface area contributed by atoms with Gasteiger partial charge in [0.1, 0.15) is 11.3 Å². The van der Waals surface area contributed by atoms with Crippen molar-refractivity contribution in [2.45, 2.75) is 33.2 Å². The molecule has 4 aromatic rings. The zero-order chi connectivity index (χ0) is 19.2. The van der Waals surface area contributed by atoms with E-state index in [2.05, 4.69) is 36.2 Å². The molecule has 4 rings (SSSR count). The molecule has 0 aliphatic rings. The highest BCUT2D eigenvalue weighted by atomic mass is 32.1. The van der Waals surface area contributed by atoms with E-state index in [0.717, 1.165) is 16.7 Å². The normalized spacial score (nSPS) is 11.9. The molecule has 1 N–H and O–H groups in total. The summed E-state index contributed by atoms with van der Waals surface area (Å²) in [6, 6.07) is 11.5. The lowest BCUT2D eigenvalue weighted by atomic mass is 10.1. The van der Waals surface area contributed by atoms with Gasteiger partial charge < -0.3 is 4.42 Å². The maximum absolute atomic E-state index is 12.5. The lowest BCUT2D eigenvalue weighted by Gasteiger charge is -2.21. The standard InChI is InChI=1S/C20H20N4O2S/c1-12-9-14(23-24(12)20(2,3)4)18(25)22-19-21-15(11-27-19)17-10-13-7-5-6-8-16(13)26-17/h5-11H,1-4H3,(H,21,22,25). The number of aryl methyl sites for hydroxylation is 1.